The van der Waals surface area contributed by atoms with Gasteiger partial charge in [-0.1, -0.05) is 0 Å². The van der Waals surface area contributed by atoms with E-state index in [9.17, 15) is 14.4 Å². The van der Waals surface area contributed by atoms with Crippen LogP contribution in [0.25, 0.3) is 0 Å². The number of nitrogens with one attached hydrogen (secondary N) is 2. The van der Waals surface area contributed by atoms with Gasteiger partial charge in [0.1, 0.15) is 6.04 Å². The average Bonchev–Trinajstić information content (AvgIpc) is 3.40. The van der Waals surface area contributed by atoms with Crippen LogP contribution < -0.4 is 10.6 Å². The summed E-state index contributed by atoms with van der Waals surface area (Å²) in [7, 11) is 0. The number of hydrogen-bond donors (Lipinski definition) is 2. The molecule has 8 heteroatoms. The van der Waals surface area contributed by atoms with Gasteiger partial charge in [0.05, 0.1) is 6.26 Å². The first kappa shape index (κ1) is 18.8. The maximum absolute atomic E-state index is 12.7. The molecule has 3 heterocycles. The molecule has 1 fully saturated rings. The van der Waals surface area contributed by atoms with Crippen molar-refractivity contribution in [2.24, 2.45) is 0 Å². The third kappa shape index (κ3) is 4.58. The number of nitrogens with zero attached hydrogens (tertiary/aromatic N) is 2. The molecule has 27 heavy (non-hydrogen) atoms. The Morgan fingerprint density at radius 1 is 1.22 bits per heavy atom. The van der Waals surface area contributed by atoms with Gasteiger partial charge in [-0.15, -0.1) is 0 Å². The Bertz CT molecular complexity index is 770. The molecule has 1 aliphatic rings. The molecule has 2 N–H and O–H groups in total. The van der Waals surface area contributed by atoms with Gasteiger partial charge in [-0.2, -0.15) is 0 Å². The average molecular weight is 372 g/mol. The lowest BCUT2D eigenvalue weighted by molar-refractivity contribution is -0.125. The highest BCUT2D eigenvalue weighted by Gasteiger charge is 2.40. The van der Waals surface area contributed by atoms with Crippen molar-refractivity contribution in [3.05, 3.63) is 48.7 Å². The summed E-state index contributed by atoms with van der Waals surface area (Å²) in [6.07, 6.45) is 5.94. The van der Waals surface area contributed by atoms with Gasteiger partial charge >= 0.3 is 0 Å². The van der Waals surface area contributed by atoms with E-state index in [-0.39, 0.29) is 36.1 Å². The quantitative estimate of drug-likeness (QED) is 0.758. The number of hydrogen-bond acceptors (Lipinski definition) is 4. The predicted molar refractivity (Wildman–Crippen MR) is 97.8 cm³/mol. The van der Waals surface area contributed by atoms with Crippen LogP contribution in [0.1, 0.15) is 30.3 Å². The van der Waals surface area contributed by atoms with Crippen molar-refractivity contribution >= 4 is 17.7 Å². The summed E-state index contributed by atoms with van der Waals surface area (Å²) >= 11 is 0. The Kier molecular flexibility index (Phi) is 5.95. The summed E-state index contributed by atoms with van der Waals surface area (Å²) in [5.74, 6) is -0.485. The molecule has 1 saturated heterocycles. The first-order valence-electron chi connectivity index (χ1n) is 9.10. The standard InChI is InChI=1S/C19H24N4O4/c1-2-20-18(25)15-12-14(13-23(15)19(26)16-6-5-11-27-16)21-17(24)7-10-22-8-3-4-9-22/h3-6,8-9,11,14-15H,2,7,10,12-13H2,1H3,(H,20,25)(H,21,24). The predicted octanol–water partition coefficient (Wildman–Crippen LogP) is 1.01. The highest BCUT2D eigenvalue weighted by atomic mass is 16.3. The topological polar surface area (TPSA) is 96.6 Å². The monoisotopic (exact) mass is 372 g/mol. The van der Waals surface area contributed by atoms with E-state index < -0.39 is 6.04 Å². The van der Waals surface area contributed by atoms with Gasteiger partial charge in [-0.25, -0.2) is 0 Å². The number of likely N-dealkylation sites (tertiary alicyclic amines) is 1. The van der Waals surface area contributed by atoms with E-state index in [1.54, 1.807) is 12.1 Å². The molecule has 0 saturated carbocycles. The second-order valence-corrected chi connectivity index (χ2v) is 6.52. The molecule has 2 aromatic heterocycles. The van der Waals surface area contributed by atoms with Gasteiger partial charge in [0, 0.05) is 44.5 Å². The number of amides is 3. The molecule has 0 bridgehead atoms. The molecule has 2 atom stereocenters. The zero-order chi connectivity index (χ0) is 19.2. The number of likely N-dealkylation sites (N-methyl/N-ethyl adjacent to an activating group) is 1. The van der Waals surface area contributed by atoms with Crippen molar-refractivity contribution in [1.29, 1.82) is 0 Å². The molecule has 0 spiro atoms. The molecule has 2 unspecified atom stereocenters. The largest absolute Gasteiger partial charge is 0.459 e. The molecule has 3 amide bonds. The van der Waals surface area contributed by atoms with Gasteiger partial charge in [0.15, 0.2) is 5.76 Å². The molecular weight excluding hydrogens is 348 g/mol. The molecule has 0 radical (unpaired) electrons. The minimum absolute atomic E-state index is 0.101. The normalized spacial score (nSPS) is 19.1. The van der Waals surface area contributed by atoms with Crippen LogP contribution in [0.4, 0.5) is 0 Å². The number of aromatic nitrogens is 1. The number of carbonyl (C=O) groups excluding carboxylic acids is 3. The molecule has 0 aliphatic carbocycles. The first-order valence-corrected chi connectivity index (χ1v) is 9.10. The van der Waals surface area contributed by atoms with Gasteiger partial charge in [0.2, 0.25) is 11.8 Å². The van der Waals surface area contributed by atoms with Gasteiger partial charge < -0.3 is 24.5 Å². The minimum Gasteiger partial charge on any atom is -0.459 e. The summed E-state index contributed by atoms with van der Waals surface area (Å²) < 4.78 is 7.11. The fourth-order valence-corrected chi connectivity index (χ4v) is 3.30. The summed E-state index contributed by atoms with van der Waals surface area (Å²) in [5, 5.41) is 5.70. The highest BCUT2D eigenvalue weighted by Crippen LogP contribution is 2.21. The summed E-state index contributed by atoms with van der Waals surface area (Å²) in [6, 6.07) is 6.12. The smallest absolute Gasteiger partial charge is 0.290 e. The van der Waals surface area contributed by atoms with Crippen LogP contribution in [0.5, 0.6) is 0 Å². The molecule has 2 aromatic rings. The van der Waals surface area contributed by atoms with Crippen molar-refractivity contribution in [2.75, 3.05) is 13.1 Å². The number of carbonyl (C=O) groups is 3. The minimum atomic E-state index is -0.628. The number of aryl methyl sites for hydroxylation is 1. The molecule has 144 valence electrons. The second kappa shape index (κ2) is 8.57. The van der Waals surface area contributed by atoms with E-state index in [1.807, 2.05) is 36.0 Å². The van der Waals surface area contributed by atoms with E-state index >= 15 is 0 Å². The van der Waals surface area contributed by atoms with Crippen LogP contribution in [0.15, 0.2) is 47.3 Å². The lowest BCUT2D eigenvalue weighted by atomic mass is 10.1. The van der Waals surface area contributed by atoms with Gasteiger partial charge in [-0.05, 0) is 37.6 Å². The van der Waals surface area contributed by atoms with Gasteiger partial charge in [-0.3, -0.25) is 14.4 Å². The Morgan fingerprint density at radius 2 is 2.00 bits per heavy atom. The van der Waals surface area contributed by atoms with Crippen molar-refractivity contribution in [2.45, 2.75) is 38.4 Å². The van der Waals surface area contributed by atoms with Crippen molar-refractivity contribution in [3.63, 3.8) is 0 Å². The Morgan fingerprint density at radius 3 is 2.67 bits per heavy atom. The maximum Gasteiger partial charge on any atom is 0.290 e. The van der Waals surface area contributed by atoms with Crippen LogP contribution in [0.2, 0.25) is 0 Å². The van der Waals surface area contributed by atoms with Crippen molar-refractivity contribution in [1.82, 2.24) is 20.1 Å². The zero-order valence-electron chi connectivity index (χ0n) is 15.3. The fraction of sp³-hybridized carbons (Fsp3) is 0.421. The zero-order valence-corrected chi connectivity index (χ0v) is 15.3. The molecule has 0 aromatic carbocycles. The SMILES string of the molecule is CCNC(=O)C1CC(NC(=O)CCn2cccc2)CN1C(=O)c1ccco1. The van der Waals surface area contributed by atoms with E-state index in [1.165, 1.54) is 11.2 Å². The fourth-order valence-electron chi connectivity index (χ4n) is 3.30. The van der Waals surface area contributed by atoms with Crippen LogP contribution in [-0.2, 0) is 16.1 Å². The van der Waals surface area contributed by atoms with E-state index in [0.29, 0.717) is 25.9 Å². The first-order chi connectivity index (χ1) is 13.1. The van der Waals surface area contributed by atoms with E-state index in [0.717, 1.165) is 0 Å². The van der Waals surface area contributed by atoms with Crippen LogP contribution in [-0.4, -0.2) is 52.4 Å². The Hall–Kier alpha value is -3.03. The third-order valence-electron chi connectivity index (χ3n) is 4.58. The second-order valence-electron chi connectivity index (χ2n) is 6.52. The molecular formula is C19H24N4O4. The Labute approximate surface area is 157 Å². The lowest BCUT2D eigenvalue weighted by Crippen LogP contribution is -2.45. The van der Waals surface area contributed by atoms with Gasteiger partial charge in [0.25, 0.3) is 5.91 Å². The third-order valence-corrected chi connectivity index (χ3v) is 4.58. The van der Waals surface area contributed by atoms with Crippen LogP contribution >= 0.6 is 0 Å². The maximum atomic E-state index is 12.7. The lowest BCUT2D eigenvalue weighted by Gasteiger charge is -2.22. The summed E-state index contributed by atoms with van der Waals surface area (Å²) in [6.45, 7) is 3.16. The highest BCUT2D eigenvalue weighted by molar-refractivity contribution is 5.96. The Balaban J connectivity index is 1.62. The summed E-state index contributed by atoms with van der Waals surface area (Å²) in [4.78, 5) is 38.8. The summed E-state index contributed by atoms with van der Waals surface area (Å²) in [5.41, 5.74) is 0. The van der Waals surface area contributed by atoms with Crippen LogP contribution in [0.3, 0.4) is 0 Å². The van der Waals surface area contributed by atoms with Crippen LogP contribution in [0, 0.1) is 0 Å². The molecule has 8 nitrogen and oxygen atoms in total. The molecule has 1 aliphatic heterocycles. The van der Waals surface area contributed by atoms with Crippen molar-refractivity contribution < 1.29 is 18.8 Å². The number of rotatable bonds is 7. The van der Waals surface area contributed by atoms with Crippen molar-refractivity contribution in [3.8, 4) is 0 Å². The van der Waals surface area contributed by atoms with E-state index in [2.05, 4.69) is 10.6 Å². The number of furan rings is 1. The van der Waals surface area contributed by atoms with E-state index in [4.69, 9.17) is 4.42 Å². The molecule has 3 rings (SSSR count).